The van der Waals surface area contributed by atoms with E-state index in [-0.39, 0.29) is 29.6 Å². The Hall–Kier alpha value is -3.67. The van der Waals surface area contributed by atoms with Crippen molar-refractivity contribution in [3.8, 4) is 17.2 Å². The van der Waals surface area contributed by atoms with Gasteiger partial charge in [-0.05, 0) is 38.2 Å². The van der Waals surface area contributed by atoms with Crippen molar-refractivity contribution in [2.75, 3.05) is 33.2 Å². The van der Waals surface area contributed by atoms with Crippen molar-refractivity contribution in [1.82, 2.24) is 34.3 Å². The van der Waals surface area contributed by atoms with Crippen LogP contribution in [0.3, 0.4) is 0 Å². The zero-order chi connectivity index (χ0) is 22.1. The molecule has 1 fully saturated rings. The minimum Gasteiger partial charge on any atom is -0.332 e. The smallest absolute Gasteiger partial charge is 0.332 e. The number of likely N-dealkylation sites (N-methyl/N-ethyl adjacent to an activating group) is 1. The molecule has 0 atom stereocenters. The standard InChI is InChI=1S/C19H20FN7O4/c1-3-26-17(28)14(22-27(19(26)30)13-6-4-12(20)5-7-13)15-21-16(31-23-15)18(29)25-10-8-24(2)9-11-25/h4-7H,3,8-11H2,1-2H3. The molecular weight excluding hydrogens is 409 g/mol. The number of aromatic nitrogens is 5. The van der Waals surface area contributed by atoms with E-state index in [1.807, 2.05) is 7.05 Å². The van der Waals surface area contributed by atoms with E-state index in [0.29, 0.717) is 13.1 Å². The fraction of sp³-hybridized carbons (Fsp3) is 0.368. The highest BCUT2D eigenvalue weighted by molar-refractivity contribution is 5.90. The summed E-state index contributed by atoms with van der Waals surface area (Å²) in [6.07, 6.45) is 0. The van der Waals surface area contributed by atoms with Crippen molar-refractivity contribution >= 4 is 5.91 Å². The minimum absolute atomic E-state index is 0.0688. The molecule has 0 radical (unpaired) electrons. The lowest BCUT2D eigenvalue weighted by molar-refractivity contribution is 0.0615. The van der Waals surface area contributed by atoms with Gasteiger partial charge in [0.15, 0.2) is 5.69 Å². The van der Waals surface area contributed by atoms with Crippen LogP contribution in [0, 0.1) is 5.82 Å². The van der Waals surface area contributed by atoms with Crippen LogP contribution in [0.4, 0.5) is 4.39 Å². The fourth-order valence-corrected chi connectivity index (χ4v) is 3.24. The molecule has 1 aliphatic heterocycles. The van der Waals surface area contributed by atoms with Crippen molar-refractivity contribution in [1.29, 1.82) is 0 Å². The third-order valence-corrected chi connectivity index (χ3v) is 5.06. The summed E-state index contributed by atoms with van der Waals surface area (Å²) in [5, 5.41) is 7.81. The predicted molar refractivity (Wildman–Crippen MR) is 106 cm³/mol. The Morgan fingerprint density at radius 2 is 1.81 bits per heavy atom. The van der Waals surface area contributed by atoms with Gasteiger partial charge in [0, 0.05) is 32.7 Å². The molecule has 0 N–H and O–H groups in total. The molecule has 31 heavy (non-hydrogen) atoms. The first-order valence-corrected chi connectivity index (χ1v) is 9.71. The Morgan fingerprint density at radius 1 is 1.13 bits per heavy atom. The van der Waals surface area contributed by atoms with Crippen LogP contribution in [-0.4, -0.2) is 73.4 Å². The maximum atomic E-state index is 13.3. The number of hydrogen-bond donors (Lipinski definition) is 0. The highest BCUT2D eigenvalue weighted by Crippen LogP contribution is 2.13. The van der Waals surface area contributed by atoms with Gasteiger partial charge in [0.1, 0.15) is 5.82 Å². The molecule has 2 aromatic heterocycles. The van der Waals surface area contributed by atoms with Crippen molar-refractivity contribution in [2.45, 2.75) is 13.5 Å². The van der Waals surface area contributed by atoms with Crippen LogP contribution in [-0.2, 0) is 6.54 Å². The molecule has 0 bridgehead atoms. The highest BCUT2D eigenvalue weighted by atomic mass is 19.1. The first-order chi connectivity index (χ1) is 14.9. The molecule has 0 saturated carbocycles. The maximum Gasteiger partial charge on any atom is 0.352 e. The SMILES string of the molecule is CCn1c(=O)c(-c2noc(C(=O)N3CCN(C)CC3)n2)nn(-c2ccc(F)cc2)c1=O. The lowest BCUT2D eigenvalue weighted by Gasteiger charge is -2.31. The van der Waals surface area contributed by atoms with E-state index in [4.69, 9.17) is 4.52 Å². The average Bonchev–Trinajstić information content (AvgIpc) is 3.25. The first kappa shape index (κ1) is 20.6. The van der Waals surface area contributed by atoms with E-state index >= 15 is 0 Å². The quantitative estimate of drug-likeness (QED) is 0.568. The largest absolute Gasteiger partial charge is 0.352 e. The van der Waals surface area contributed by atoms with Crippen molar-refractivity contribution in [2.24, 2.45) is 0 Å². The maximum absolute atomic E-state index is 13.3. The van der Waals surface area contributed by atoms with Gasteiger partial charge in [-0.1, -0.05) is 5.16 Å². The molecule has 3 heterocycles. The topological polar surface area (TPSA) is 119 Å². The second kappa shape index (κ2) is 8.22. The summed E-state index contributed by atoms with van der Waals surface area (Å²) in [5.74, 6) is -1.38. The summed E-state index contributed by atoms with van der Waals surface area (Å²) in [4.78, 5) is 45.9. The van der Waals surface area contributed by atoms with Crippen LogP contribution in [0.15, 0.2) is 38.4 Å². The molecule has 0 unspecified atom stereocenters. The molecule has 0 spiro atoms. The van der Waals surface area contributed by atoms with Crippen molar-refractivity contribution in [3.05, 3.63) is 56.8 Å². The van der Waals surface area contributed by atoms with E-state index < -0.39 is 23.0 Å². The van der Waals surface area contributed by atoms with E-state index in [2.05, 4.69) is 20.1 Å². The van der Waals surface area contributed by atoms with Gasteiger partial charge >= 0.3 is 17.5 Å². The number of amides is 1. The number of hydrogen-bond acceptors (Lipinski definition) is 8. The second-order valence-electron chi connectivity index (χ2n) is 7.09. The van der Waals surface area contributed by atoms with Crippen molar-refractivity contribution < 1.29 is 13.7 Å². The molecule has 162 valence electrons. The number of carbonyl (C=O) groups excluding carboxylic acids is 1. The van der Waals surface area contributed by atoms with E-state index in [1.165, 1.54) is 24.3 Å². The number of carbonyl (C=O) groups is 1. The number of halogens is 1. The van der Waals surface area contributed by atoms with Crippen LogP contribution in [0.25, 0.3) is 17.2 Å². The summed E-state index contributed by atoms with van der Waals surface area (Å²) >= 11 is 0. The lowest BCUT2D eigenvalue weighted by Crippen LogP contribution is -2.47. The Kier molecular flexibility index (Phi) is 5.46. The molecule has 12 heteroatoms. The van der Waals surface area contributed by atoms with Crippen molar-refractivity contribution in [3.63, 3.8) is 0 Å². The summed E-state index contributed by atoms with van der Waals surface area (Å²) in [6.45, 7) is 4.17. The van der Waals surface area contributed by atoms with Gasteiger partial charge in [0.2, 0.25) is 5.82 Å². The van der Waals surface area contributed by atoms with Gasteiger partial charge in [-0.2, -0.15) is 14.8 Å². The number of nitrogens with zero attached hydrogens (tertiary/aromatic N) is 7. The number of piperazine rings is 1. The lowest BCUT2D eigenvalue weighted by atomic mass is 10.3. The molecule has 1 aliphatic rings. The second-order valence-corrected chi connectivity index (χ2v) is 7.09. The van der Waals surface area contributed by atoms with Crippen LogP contribution in [0.5, 0.6) is 0 Å². The minimum atomic E-state index is -0.717. The predicted octanol–water partition coefficient (Wildman–Crippen LogP) is -0.00920. The summed E-state index contributed by atoms with van der Waals surface area (Å²) < 4.78 is 20.3. The summed E-state index contributed by atoms with van der Waals surface area (Å²) in [7, 11) is 1.97. The monoisotopic (exact) mass is 429 g/mol. The van der Waals surface area contributed by atoms with E-state index in [9.17, 15) is 18.8 Å². The molecule has 1 amide bonds. The third kappa shape index (κ3) is 3.89. The third-order valence-electron chi connectivity index (χ3n) is 5.06. The van der Waals surface area contributed by atoms with Gasteiger partial charge in [-0.15, -0.1) is 0 Å². The van der Waals surface area contributed by atoms with Crippen LogP contribution < -0.4 is 11.2 Å². The van der Waals surface area contributed by atoms with Gasteiger partial charge in [-0.25, -0.2) is 9.18 Å². The van der Waals surface area contributed by atoms with E-state index in [1.54, 1.807) is 11.8 Å². The van der Waals surface area contributed by atoms with Gasteiger partial charge in [0.05, 0.1) is 5.69 Å². The Bertz CT molecular complexity index is 1220. The molecule has 1 aromatic carbocycles. The summed E-state index contributed by atoms with van der Waals surface area (Å²) in [6, 6.07) is 5.06. The molecule has 11 nitrogen and oxygen atoms in total. The van der Waals surface area contributed by atoms with Crippen LogP contribution in [0.1, 0.15) is 17.6 Å². The molecule has 0 aliphatic carbocycles. The zero-order valence-corrected chi connectivity index (χ0v) is 17.0. The Morgan fingerprint density at radius 3 is 2.45 bits per heavy atom. The zero-order valence-electron chi connectivity index (χ0n) is 17.0. The number of benzene rings is 1. The molecule has 1 saturated heterocycles. The number of rotatable bonds is 4. The van der Waals surface area contributed by atoms with Gasteiger partial charge in [-0.3, -0.25) is 14.2 Å². The first-order valence-electron chi connectivity index (χ1n) is 9.71. The Labute approximate surface area is 175 Å². The normalized spacial score (nSPS) is 14.7. The van der Waals surface area contributed by atoms with Crippen LogP contribution in [0.2, 0.25) is 0 Å². The molecule has 3 aromatic rings. The molecule has 4 rings (SSSR count). The van der Waals surface area contributed by atoms with E-state index in [0.717, 1.165) is 22.3 Å². The van der Waals surface area contributed by atoms with Gasteiger partial charge in [0.25, 0.3) is 5.56 Å². The van der Waals surface area contributed by atoms with Crippen LogP contribution >= 0.6 is 0 Å². The fourth-order valence-electron chi connectivity index (χ4n) is 3.24. The Balaban J connectivity index is 1.74. The summed E-state index contributed by atoms with van der Waals surface area (Å²) in [5.41, 5.74) is -1.41. The highest BCUT2D eigenvalue weighted by Gasteiger charge is 2.27. The average molecular weight is 429 g/mol. The molecular formula is C19H20FN7O4. The van der Waals surface area contributed by atoms with Gasteiger partial charge < -0.3 is 14.3 Å².